The molecule has 3 N–H and O–H groups in total. The molecule has 0 fully saturated rings. The number of carbonyl (C=O) groups is 1. The minimum atomic E-state index is -0.711. The highest BCUT2D eigenvalue weighted by Crippen LogP contribution is 2.28. The van der Waals surface area contributed by atoms with E-state index >= 15 is 0 Å². The Kier molecular flexibility index (Phi) is 8.74. The third kappa shape index (κ3) is 6.73. The van der Waals surface area contributed by atoms with Gasteiger partial charge in [0.2, 0.25) is 5.88 Å². The fourth-order valence-electron chi connectivity index (χ4n) is 3.39. The highest BCUT2D eigenvalue weighted by atomic mass is 32.1. The molecule has 0 bridgehead atoms. The molecule has 0 aliphatic rings. The number of thiol groups is 1. The largest absolute Gasteiger partial charge is 0.463 e. The number of likely N-dealkylation sites (N-methyl/N-ethyl adjacent to an activating group) is 1. The number of hydrogen-bond donors (Lipinski definition) is 3. The van der Waals surface area contributed by atoms with Crippen LogP contribution in [0.1, 0.15) is 18.1 Å². The topological polar surface area (TPSA) is 80.5 Å². The summed E-state index contributed by atoms with van der Waals surface area (Å²) in [7, 11) is 1.79. The summed E-state index contributed by atoms with van der Waals surface area (Å²) in [6, 6.07) is 21.6. The van der Waals surface area contributed by atoms with Gasteiger partial charge in [0.25, 0.3) is 5.91 Å². The van der Waals surface area contributed by atoms with Gasteiger partial charge in [0, 0.05) is 37.5 Å². The average molecular weight is 465 g/mol. The van der Waals surface area contributed by atoms with Crippen molar-refractivity contribution in [3.05, 3.63) is 77.9 Å². The maximum absolute atomic E-state index is 13.1. The number of carbonyl (C=O) groups excluding carboxylic acids is 1. The summed E-state index contributed by atoms with van der Waals surface area (Å²) in [4.78, 5) is 19.5. The summed E-state index contributed by atoms with van der Waals surface area (Å²) in [5, 5.41) is 3.28. The van der Waals surface area contributed by atoms with Gasteiger partial charge >= 0.3 is 0 Å². The average Bonchev–Trinajstić information content (AvgIpc) is 2.84. The Morgan fingerprint density at radius 2 is 1.82 bits per heavy atom. The van der Waals surface area contributed by atoms with Crippen LogP contribution in [0.3, 0.4) is 0 Å². The molecule has 7 heteroatoms. The van der Waals surface area contributed by atoms with Gasteiger partial charge in [0.05, 0.1) is 11.4 Å². The van der Waals surface area contributed by atoms with Gasteiger partial charge in [-0.15, -0.1) is 0 Å². The lowest BCUT2D eigenvalue weighted by Crippen LogP contribution is -2.38. The first kappa shape index (κ1) is 24.6. The molecule has 1 unspecified atom stereocenters. The Hall–Kier alpha value is -3.03. The van der Waals surface area contributed by atoms with Crippen LogP contribution in [0.2, 0.25) is 0 Å². The number of benzene rings is 2. The quantitative estimate of drug-likeness (QED) is 0.393. The molecule has 2 aromatic carbocycles. The predicted molar refractivity (Wildman–Crippen MR) is 138 cm³/mol. The molecule has 0 radical (unpaired) electrons. The zero-order valence-electron chi connectivity index (χ0n) is 19.4. The number of hydrogen-bond acceptors (Lipinski definition) is 6. The second-order valence-electron chi connectivity index (χ2n) is 8.12. The molecule has 0 aliphatic heterocycles. The second-order valence-corrected chi connectivity index (χ2v) is 8.48. The Morgan fingerprint density at radius 3 is 2.52 bits per heavy atom. The molecule has 1 amide bonds. The van der Waals surface area contributed by atoms with Crippen LogP contribution in [0.5, 0.6) is 5.88 Å². The van der Waals surface area contributed by atoms with E-state index in [1.165, 1.54) is 0 Å². The highest BCUT2D eigenvalue weighted by molar-refractivity contribution is 7.80. The van der Waals surface area contributed by atoms with Crippen molar-refractivity contribution in [3.63, 3.8) is 0 Å². The summed E-state index contributed by atoms with van der Waals surface area (Å²) in [6.07, 6.45) is -0.711. The second kappa shape index (κ2) is 11.7. The van der Waals surface area contributed by atoms with Crippen molar-refractivity contribution >= 4 is 24.2 Å². The summed E-state index contributed by atoms with van der Waals surface area (Å²) in [5.41, 5.74) is 10.7. The molecule has 0 aliphatic carbocycles. The van der Waals surface area contributed by atoms with E-state index in [2.05, 4.69) is 17.9 Å². The lowest BCUT2D eigenvalue weighted by molar-refractivity contribution is -0.137. The van der Waals surface area contributed by atoms with Crippen molar-refractivity contribution in [1.29, 1.82) is 0 Å². The van der Waals surface area contributed by atoms with E-state index in [1.807, 2.05) is 73.7 Å². The van der Waals surface area contributed by atoms with Crippen molar-refractivity contribution in [1.82, 2.24) is 9.88 Å². The number of aryl methyl sites for hydroxylation is 1. The number of nitrogens with zero attached hydrogens (tertiary/aromatic N) is 2. The van der Waals surface area contributed by atoms with Gasteiger partial charge in [-0.3, -0.25) is 4.79 Å². The predicted octanol–water partition coefficient (Wildman–Crippen LogP) is 4.15. The zero-order chi connectivity index (χ0) is 23.8. The van der Waals surface area contributed by atoms with Crippen molar-refractivity contribution in [2.24, 2.45) is 5.73 Å². The molecule has 174 valence electrons. The fourth-order valence-corrected chi connectivity index (χ4v) is 3.52. The number of nitrogens with one attached hydrogen (secondary N) is 1. The summed E-state index contributed by atoms with van der Waals surface area (Å²) in [6.45, 7) is 4.82. The van der Waals surface area contributed by atoms with Crippen LogP contribution < -0.4 is 15.8 Å². The molecule has 2 atom stereocenters. The molecular weight excluding hydrogens is 432 g/mol. The number of amides is 1. The van der Waals surface area contributed by atoms with Crippen molar-refractivity contribution in [2.45, 2.75) is 32.5 Å². The van der Waals surface area contributed by atoms with Crippen LogP contribution in [0.25, 0.3) is 11.3 Å². The molecule has 0 saturated heterocycles. The Balaban J connectivity index is 1.79. The van der Waals surface area contributed by atoms with E-state index < -0.39 is 6.10 Å². The van der Waals surface area contributed by atoms with Gasteiger partial charge in [-0.1, -0.05) is 54.6 Å². The van der Waals surface area contributed by atoms with Crippen molar-refractivity contribution in [3.8, 4) is 17.1 Å². The lowest BCUT2D eigenvalue weighted by atomic mass is 10.1. The first-order valence-corrected chi connectivity index (χ1v) is 11.6. The van der Waals surface area contributed by atoms with Gasteiger partial charge in [-0.2, -0.15) is 12.6 Å². The smallest absolute Gasteiger partial charge is 0.263 e. The van der Waals surface area contributed by atoms with Crippen LogP contribution in [0.15, 0.2) is 66.7 Å². The van der Waals surface area contributed by atoms with E-state index in [1.54, 1.807) is 18.9 Å². The van der Waals surface area contributed by atoms with E-state index in [0.29, 0.717) is 30.4 Å². The first-order chi connectivity index (χ1) is 15.9. The van der Waals surface area contributed by atoms with E-state index in [-0.39, 0.29) is 11.9 Å². The monoisotopic (exact) mass is 464 g/mol. The number of nitrogens with two attached hydrogens (primary N) is 1. The summed E-state index contributed by atoms with van der Waals surface area (Å²) in [5.74, 6) is 0.799. The summed E-state index contributed by atoms with van der Waals surface area (Å²) < 4.78 is 6.10. The van der Waals surface area contributed by atoms with E-state index in [0.717, 1.165) is 22.4 Å². The van der Waals surface area contributed by atoms with E-state index in [4.69, 9.17) is 15.5 Å². The standard InChI is InChI=1S/C26H32N4O2S/c1-18-9-7-8-12-21(18)16-30(3)26(31)19(2)32-25-24(28-15-22(27)17-33)14-13-23(29-25)20-10-5-4-6-11-20/h4-14,19,22,28,33H,15-17,27H2,1-3H3/t19-,22?/m1/s1. The maximum atomic E-state index is 13.1. The van der Waals surface area contributed by atoms with Crippen LogP contribution in [-0.4, -0.2) is 47.3 Å². The van der Waals surface area contributed by atoms with Gasteiger partial charge in [0.1, 0.15) is 0 Å². The summed E-state index contributed by atoms with van der Waals surface area (Å²) >= 11 is 4.24. The Morgan fingerprint density at radius 1 is 1.12 bits per heavy atom. The first-order valence-electron chi connectivity index (χ1n) is 11.0. The number of aromatic nitrogens is 1. The van der Waals surface area contributed by atoms with Gasteiger partial charge in [-0.25, -0.2) is 4.98 Å². The molecule has 3 rings (SSSR count). The molecule has 1 aromatic heterocycles. The molecule has 0 saturated carbocycles. The van der Waals surface area contributed by atoms with Crippen LogP contribution >= 0.6 is 12.6 Å². The van der Waals surface area contributed by atoms with Crippen molar-refractivity contribution < 1.29 is 9.53 Å². The molecule has 6 nitrogen and oxygen atoms in total. The molecule has 0 spiro atoms. The number of rotatable bonds is 10. The minimum absolute atomic E-state index is 0.116. The molecular formula is C26H32N4O2S. The van der Waals surface area contributed by atoms with E-state index in [9.17, 15) is 4.79 Å². The number of pyridine rings is 1. The van der Waals surface area contributed by atoms with Crippen LogP contribution in [0, 0.1) is 6.92 Å². The van der Waals surface area contributed by atoms with Crippen LogP contribution in [-0.2, 0) is 11.3 Å². The number of anilines is 1. The highest BCUT2D eigenvalue weighted by Gasteiger charge is 2.22. The maximum Gasteiger partial charge on any atom is 0.263 e. The van der Waals surface area contributed by atoms with Gasteiger partial charge < -0.3 is 20.7 Å². The molecule has 3 aromatic rings. The van der Waals surface area contributed by atoms with Gasteiger partial charge in [-0.05, 0) is 37.1 Å². The van der Waals surface area contributed by atoms with Crippen LogP contribution in [0.4, 0.5) is 5.69 Å². The van der Waals surface area contributed by atoms with Crippen molar-refractivity contribution in [2.75, 3.05) is 24.7 Å². The van der Waals surface area contributed by atoms with Gasteiger partial charge in [0.15, 0.2) is 6.10 Å². The zero-order valence-corrected chi connectivity index (χ0v) is 20.3. The molecule has 33 heavy (non-hydrogen) atoms. The third-order valence-corrected chi connectivity index (χ3v) is 5.87. The molecule has 1 heterocycles. The minimum Gasteiger partial charge on any atom is -0.463 e. The Labute approximate surface area is 201 Å². The fraction of sp³-hybridized carbons (Fsp3) is 0.308. The normalized spacial score (nSPS) is 12.6. The third-order valence-electron chi connectivity index (χ3n) is 5.40. The number of ether oxygens (including phenoxy) is 1. The lowest BCUT2D eigenvalue weighted by Gasteiger charge is -2.24. The SMILES string of the molecule is Cc1ccccc1CN(C)C(=O)[C@@H](C)Oc1nc(-c2ccccc2)ccc1NCC(N)CS. The Bertz CT molecular complexity index is 1060.